The van der Waals surface area contributed by atoms with Crippen molar-refractivity contribution in [1.29, 1.82) is 5.26 Å². The predicted octanol–water partition coefficient (Wildman–Crippen LogP) is 0.0689. The van der Waals surface area contributed by atoms with Gasteiger partial charge in [0.25, 0.3) is 5.56 Å². The number of nitriles is 1. The Labute approximate surface area is 103 Å². The van der Waals surface area contributed by atoms with Gasteiger partial charge in [0.2, 0.25) is 0 Å². The first-order chi connectivity index (χ1) is 8.22. The summed E-state index contributed by atoms with van der Waals surface area (Å²) in [5.41, 5.74) is -0.323. The van der Waals surface area contributed by atoms with Crippen molar-refractivity contribution < 1.29 is 0 Å². The van der Waals surface area contributed by atoms with E-state index < -0.39 is 0 Å². The Morgan fingerprint density at radius 1 is 1.47 bits per heavy atom. The van der Waals surface area contributed by atoms with Gasteiger partial charge in [0.05, 0.1) is 18.9 Å². The molecule has 1 aliphatic heterocycles. The van der Waals surface area contributed by atoms with Crippen LogP contribution in [0.4, 0.5) is 5.82 Å². The van der Waals surface area contributed by atoms with Crippen molar-refractivity contribution >= 4 is 17.4 Å². The zero-order valence-corrected chi connectivity index (χ0v) is 9.94. The molecule has 1 aromatic heterocycles. The minimum atomic E-state index is -0.323. The van der Waals surface area contributed by atoms with Crippen LogP contribution in [0.5, 0.6) is 0 Å². The zero-order valence-electron chi connectivity index (χ0n) is 9.19. The van der Waals surface area contributed by atoms with Gasteiger partial charge < -0.3 is 9.88 Å². The van der Waals surface area contributed by atoms with Crippen molar-refractivity contribution in [2.75, 3.05) is 37.6 Å². The van der Waals surface area contributed by atoms with E-state index >= 15 is 0 Å². The predicted molar refractivity (Wildman–Crippen MR) is 64.1 cm³/mol. The van der Waals surface area contributed by atoms with E-state index in [0.717, 1.165) is 26.2 Å². The molecule has 1 aliphatic rings. The Morgan fingerprint density at radius 2 is 2.18 bits per heavy atom. The molecule has 7 heteroatoms. The van der Waals surface area contributed by atoms with E-state index in [1.54, 1.807) is 0 Å². The molecular weight excluding hydrogens is 242 g/mol. The van der Waals surface area contributed by atoms with Gasteiger partial charge in [-0.1, -0.05) is 11.6 Å². The molecule has 0 unspecified atom stereocenters. The number of rotatable bonds is 2. The minimum absolute atomic E-state index is 0.126. The number of aromatic amines is 1. The van der Waals surface area contributed by atoms with Gasteiger partial charge in [-0.05, 0) is 0 Å². The third-order valence-corrected chi connectivity index (χ3v) is 3.08. The fourth-order valence-electron chi connectivity index (χ4n) is 1.81. The van der Waals surface area contributed by atoms with Gasteiger partial charge in [-0.3, -0.25) is 9.69 Å². The topological polar surface area (TPSA) is 76.0 Å². The summed E-state index contributed by atoms with van der Waals surface area (Å²) in [6.45, 7) is 3.43. The number of aromatic nitrogens is 2. The molecule has 90 valence electrons. The molecule has 1 N–H and O–H groups in total. The van der Waals surface area contributed by atoms with Gasteiger partial charge in [0.1, 0.15) is 5.02 Å². The standard InChI is InChI=1S/C10H12ClN5O/c11-8-9(13-7-14-10(8)17)16-5-3-15(2-1-12)4-6-16/h7H,2-6H2,(H,13,14,17). The summed E-state index contributed by atoms with van der Waals surface area (Å²) in [7, 11) is 0. The molecule has 1 aromatic rings. The number of nitrogens with one attached hydrogen (secondary N) is 1. The molecule has 0 aromatic carbocycles. The van der Waals surface area contributed by atoms with E-state index in [0.29, 0.717) is 12.4 Å². The average molecular weight is 254 g/mol. The van der Waals surface area contributed by atoms with Crippen LogP contribution in [0.25, 0.3) is 0 Å². The normalized spacial score (nSPS) is 16.8. The van der Waals surface area contributed by atoms with Crippen LogP contribution >= 0.6 is 11.6 Å². The lowest BCUT2D eigenvalue weighted by atomic mass is 10.3. The van der Waals surface area contributed by atoms with Gasteiger partial charge in [-0.15, -0.1) is 0 Å². The first-order valence-corrected chi connectivity index (χ1v) is 5.67. The van der Waals surface area contributed by atoms with E-state index in [-0.39, 0.29) is 10.6 Å². The largest absolute Gasteiger partial charge is 0.353 e. The number of nitrogens with zero attached hydrogens (tertiary/aromatic N) is 4. The smallest absolute Gasteiger partial charge is 0.271 e. The van der Waals surface area contributed by atoms with Crippen LogP contribution in [-0.4, -0.2) is 47.6 Å². The van der Waals surface area contributed by atoms with Crippen molar-refractivity contribution in [2.45, 2.75) is 0 Å². The molecule has 0 amide bonds. The highest BCUT2D eigenvalue weighted by Gasteiger charge is 2.20. The number of hydrogen-bond donors (Lipinski definition) is 1. The lowest BCUT2D eigenvalue weighted by Crippen LogP contribution is -2.47. The Bertz CT molecular complexity index is 486. The second-order valence-corrected chi connectivity index (χ2v) is 4.17. The molecule has 0 saturated carbocycles. The maximum atomic E-state index is 11.3. The lowest BCUT2D eigenvalue weighted by Gasteiger charge is -2.34. The van der Waals surface area contributed by atoms with Gasteiger partial charge in [0.15, 0.2) is 5.82 Å². The molecule has 2 heterocycles. The van der Waals surface area contributed by atoms with E-state index in [1.807, 2.05) is 4.90 Å². The molecule has 1 saturated heterocycles. The van der Waals surface area contributed by atoms with Crippen molar-refractivity contribution in [2.24, 2.45) is 0 Å². The molecule has 0 radical (unpaired) electrons. The monoisotopic (exact) mass is 253 g/mol. The quantitative estimate of drug-likeness (QED) is 0.755. The molecule has 0 aliphatic carbocycles. The van der Waals surface area contributed by atoms with Gasteiger partial charge in [-0.2, -0.15) is 5.26 Å². The molecule has 2 rings (SSSR count). The van der Waals surface area contributed by atoms with E-state index in [4.69, 9.17) is 16.9 Å². The summed E-state index contributed by atoms with van der Waals surface area (Å²) < 4.78 is 0. The Hall–Kier alpha value is -1.58. The van der Waals surface area contributed by atoms with E-state index in [1.165, 1.54) is 6.33 Å². The number of anilines is 1. The summed E-state index contributed by atoms with van der Waals surface area (Å²) in [4.78, 5) is 21.9. The SMILES string of the molecule is N#CCN1CCN(c2nc[nH]c(=O)c2Cl)CC1. The summed E-state index contributed by atoms with van der Waals surface area (Å²) in [6, 6.07) is 2.12. The zero-order chi connectivity index (χ0) is 12.3. The van der Waals surface area contributed by atoms with Crippen LogP contribution in [0.1, 0.15) is 0 Å². The second kappa shape index (κ2) is 5.17. The summed E-state index contributed by atoms with van der Waals surface area (Å²) in [5, 5.41) is 8.72. The first kappa shape index (κ1) is 11.9. The molecule has 0 spiro atoms. The summed E-state index contributed by atoms with van der Waals surface area (Å²) in [6.07, 6.45) is 1.35. The Balaban J connectivity index is 2.09. The van der Waals surface area contributed by atoms with Crippen LogP contribution in [0.15, 0.2) is 11.1 Å². The summed E-state index contributed by atoms with van der Waals surface area (Å²) >= 11 is 5.91. The molecule has 1 fully saturated rings. The fourth-order valence-corrected chi connectivity index (χ4v) is 2.03. The van der Waals surface area contributed by atoms with Gasteiger partial charge in [0, 0.05) is 26.2 Å². The highest BCUT2D eigenvalue weighted by molar-refractivity contribution is 6.32. The number of hydrogen-bond acceptors (Lipinski definition) is 5. The molecule has 0 bridgehead atoms. The van der Waals surface area contributed by atoms with Crippen molar-refractivity contribution in [3.05, 3.63) is 21.7 Å². The lowest BCUT2D eigenvalue weighted by molar-refractivity contribution is 0.286. The van der Waals surface area contributed by atoms with Gasteiger partial charge >= 0.3 is 0 Å². The van der Waals surface area contributed by atoms with Crippen LogP contribution in [0.2, 0.25) is 5.02 Å². The maximum Gasteiger partial charge on any atom is 0.271 e. The van der Waals surface area contributed by atoms with Crippen molar-refractivity contribution in [3.8, 4) is 6.07 Å². The molecule has 17 heavy (non-hydrogen) atoms. The van der Waals surface area contributed by atoms with Crippen molar-refractivity contribution in [1.82, 2.24) is 14.9 Å². The Kier molecular flexibility index (Phi) is 3.61. The van der Waals surface area contributed by atoms with Crippen molar-refractivity contribution in [3.63, 3.8) is 0 Å². The second-order valence-electron chi connectivity index (χ2n) is 3.79. The summed E-state index contributed by atoms with van der Waals surface area (Å²) in [5.74, 6) is 0.520. The molecular formula is C10H12ClN5O. The average Bonchev–Trinajstić information content (AvgIpc) is 2.34. The first-order valence-electron chi connectivity index (χ1n) is 5.30. The number of piperazine rings is 1. The number of halogens is 1. The third kappa shape index (κ3) is 2.57. The third-order valence-electron chi connectivity index (χ3n) is 2.74. The highest BCUT2D eigenvalue weighted by atomic mass is 35.5. The number of H-pyrrole nitrogens is 1. The van der Waals surface area contributed by atoms with E-state index in [9.17, 15) is 4.79 Å². The van der Waals surface area contributed by atoms with Gasteiger partial charge in [-0.25, -0.2) is 4.98 Å². The molecule has 0 atom stereocenters. The van der Waals surface area contributed by atoms with Crippen LogP contribution in [0.3, 0.4) is 0 Å². The fraction of sp³-hybridized carbons (Fsp3) is 0.500. The van der Waals surface area contributed by atoms with Crippen LogP contribution < -0.4 is 10.5 Å². The Morgan fingerprint density at radius 3 is 2.82 bits per heavy atom. The molecule has 6 nitrogen and oxygen atoms in total. The van der Waals surface area contributed by atoms with Crippen LogP contribution in [0, 0.1) is 11.3 Å². The highest BCUT2D eigenvalue weighted by Crippen LogP contribution is 2.19. The minimum Gasteiger partial charge on any atom is -0.353 e. The van der Waals surface area contributed by atoms with Crippen LogP contribution in [-0.2, 0) is 0 Å². The van der Waals surface area contributed by atoms with E-state index in [2.05, 4.69) is 20.9 Å². The maximum absolute atomic E-state index is 11.3.